The number of benzene rings is 1. The van der Waals surface area contributed by atoms with Crippen molar-refractivity contribution in [3.8, 4) is 11.5 Å². The molecular formula is C14H11Cl2N3O2. The lowest BCUT2D eigenvalue weighted by Gasteiger charge is -2.12. The predicted molar refractivity (Wildman–Crippen MR) is 81.3 cm³/mol. The molecule has 2 aromatic heterocycles. The standard InChI is InChI=1S/C14H11Cl2N3O2/c15-7-4-9-10(5-8(7)16)19-14(12-2-1-3-21-12)13(18-9)11(20)6-17/h1-5,11,20H,6,17H2. The van der Waals surface area contributed by atoms with Gasteiger partial charge in [0.25, 0.3) is 0 Å². The lowest BCUT2D eigenvalue weighted by Crippen LogP contribution is -2.15. The van der Waals surface area contributed by atoms with Gasteiger partial charge >= 0.3 is 0 Å². The van der Waals surface area contributed by atoms with Crippen LogP contribution in [0.3, 0.4) is 0 Å². The molecular weight excluding hydrogens is 313 g/mol. The predicted octanol–water partition coefficient (Wildman–Crippen LogP) is 3.19. The summed E-state index contributed by atoms with van der Waals surface area (Å²) in [6, 6.07) is 6.69. The van der Waals surface area contributed by atoms with E-state index in [-0.39, 0.29) is 6.54 Å². The van der Waals surface area contributed by atoms with Crippen LogP contribution in [-0.2, 0) is 0 Å². The first kappa shape index (κ1) is 14.3. The average molecular weight is 324 g/mol. The molecule has 0 aliphatic heterocycles. The van der Waals surface area contributed by atoms with Crippen molar-refractivity contribution in [1.29, 1.82) is 0 Å². The Kier molecular flexibility index (Phi) is 3.82. The van der Waals surface area contributed by atoms with Gasteiger partial charge < -0.3 is 15.3 Å². The van der Waals surface area contributed by atoms with Gasteiger partial charge in [0.2, 0.25) is 0 Å². The minimum absolute atomic E-state index is 0.0230. The van der Waals surface area contributed by atoms with Crippen LogP contribution < -0.4 is 5.73 Å². The fourth-order valence-corrected chi connectivity index (χ4v) is 2.32. The van der Waals surface area contributed by atoms with E-state index in [2.05, 4.69) is 9.97 Å². The number of nitrogens with two attached hydrogens (primary N) is 1. The number of aliphatic hydroxyl groups excluding tert-OH is 1. The summed E-state index contributed by atoms with van der Waals surface area (Å²) in [6.07, 6.45) is 0.575. The number of hydrogen-bond donors (Lipinski definition) is 2. The lowest BCUT2D eigenvalue weighted by molar-refractivity contribution is 0.182. The Morgan fingerprint density at radius 3 is 2.43 bits per heavy atom. The highest BCUT2D eigenvalue weighted by Crippen LogP contribution is 2.31. The average Bonchev–Trinajstić information content (AvgIpc) is 3.00. The summed E-state index contributed by atoms with van der Waals surface area (Å²) in [5, 5.41) is 10.8. The second-order valence-corrected chi connectivity index (χ2v) is 5.26. The van der Waals surface area contributed by atoms with Crippen LogP contribution in [0.15, 0.2) is 34.9 Å². The van der Waals surface area contributed by atoms with Gasteiger partial charge in [-0.25, -0.2) is 9.97 Å². The maximum absolute atomic E-state index is 10.1. The SMILES string of the molecule is NCC(O)c1nc2cc(Cl)c(Cl)cc2nc1-c1ccco1. The monoisotopic (exact) mass is 323 g/mol. The highest BCUT2D eigenvalue weighted by Gasteiger charge is 2.19. The third-order valence-corrected chi connectivity index (χ3v) is 3.75. The molecule has 0 amide bonds. The topological polar surface area (TPSA) is 85.2 Å². The molecule has 0 spiro atoms. The smallest absolute Gasteiger partial charge is 0.154 e. The molecule has 0 bridgehead atoms. The van der Waals surface area contributed by atoms with Crippen molar-refractivity contribution in [2.75, 3.05) is 6.54 Å². The van der Waals surface area contributed by atoms with Crippen molar-refractivity contribution in [2.45, 2.75) is 6.10 Å². The lowest BCUT2D eigenvalue weighted by atomic mass is 10.1. The van der Waals surface area contributed by atoms with E-state index in [0.717, 1.165) is 0 Å². The number of furan rings is 1. The van der Waals surface area contributed by atoms with Crippen molar-refractivity contribution in [3.63, 3.8) is 0 Å². The molecule has 1 aromatic carbocycles. The molecule has 0 radical (unpaired) electrons. The number of fused-ring (bicyclic) bond motifs is 1. The molecule has 0 aliphatic carbocycles. The summed E-state index contributed by atoms with van der Waals surface area (Å²) >= 11 is 12.0. The van der Waals surface area contributed by atoms with E-state index >= 15 is 0 Å². The van der Waals surface area contributed by atoms with E-state index in [9.17, 15) is 5.11 Å². The van der Waals surface area contributed by atoms with Crippen LogP contribution >= 0.6 is 23.2 Å². The van der Waals surface area contributed by atoms with Crippen LogP contribution in [0.4, 0.5) is 0 Å². The van der Waals surface area contributed by atoms with E-state index in [4.69, 9.17) is 33.4 Å². The summed E-state index contributed by atoms with van der Waals surface area (Å²) in [5.41, 5.74) is 7.40. The number of halogens is 2. The van der Waals surface area contributed by atoms with Crippen LogP contribution in [0.25, 0.3) is 22.5 Å². The molecule has 0 saturated heterocycles. The Morgan fingerprint density at radius 1 is 1.19 bits per heavy atom. The zero-order chi connectivity index (χ0) is 15.0. The first-order valence-corrected chi connectivity index (χ1v) is 6.94. The van der Waals surface area contributed by atoms with Crippen molar-refractivity contribution in [3.05, 3.63) is 46.3 Å². The Morgan fingerprint density at radius 2 is 1.86 bits per heavy atom. The maximum atomic E-state index is 10.1. The Hall–Kier alpha value is -1.66. The zero-order valence-corrected chi connectivity index (χ0v) is 12.3. The van der Waals surface area contributed by atoms with Gasteiger partial charge in [-0.1, -0.05) is 23.2 Å². The summed E-state index contributed by atoms with van der Waals surface area (Å²) in [4.78, 5) is 8.88. The minimum Gasteiger partial charge on any atom is -0.463 e. The van der Waals surface area contributed by atoms with Gasteiger partial charge in [0.1, 0.15) is 17.5 Å². The Labute approximate surface area is 130 Å². The molecule has 3 N–H and O–H groups in total. The summed E-state index contributed by atoms with van der Waals surface area (Å²) < 4.78 is 5.34. The maximum Gasteiger partial charge on any atom is 0.154 e. The van der Waals surface area contributed by atoms with E-state index in [1.54, 1.807) is 24.3 Å². The van der Waals surface area contributed by atoms with E-state index < -0.39 is 6.10 Å². The van der Waals surface area contributed by atoms with Gasteiger partial charge in [0.05, 0.1) is 27.3 Å². The molecule has 0 fully saturated rings. The zero-order valence-electron chi connectivity index (χ0n) is 10.8. The first-order chi connectivity index (χ1) is 10.1. The second kappa shape index (κ2) is 5.61. The number of nitrogens with zero attached hydrogens (tertiary/aromatic N) is 2. The molecule has 21 heavy (non-hydrogen) atoms. The fraction of sp³-hybridized carbons (Fsp3) is 0.143. The van der Waals surface area contributed by atoms with Gasteiger partial charge in [0, 0.05) is 6.54 Å². The van der Waals surface area contributed by atoms with Gasteiger partial charge in [-0.05, 0) is 24.3 Å². The number of aliphatic hydroxyl groups is 1. The number of rotatable bonds is 3. The minimum atomic E-state index is -0.948. The van der Waals surface area contributed by atoms with Crippen LogP contribution in [0, 0.1) is 0 Å². The largest absolute Gasteiger partial charge is 0.463 e. The highest BCUT2D eigenvalue weighted by atomic mass is 35.5. The first-order valence-electron chi connectivity index (χ1n) is 6.19. The molecule has 0 aliphatic rings. The molecule has 3 aromatic rings. The van der Waals surface area contributed by atoms with Crippen LogP contribution in [0.1, 0.15) is 11.8 Å². The Balaban J connectivity index is 2.30. The third kappa shape index (κ3) is 2.61. The quantitative estimate of drug-likeness (QED) is 0.773. The van der Waals surface area contributed by atoms with Crippen LogP contribution in [0.5, 0.6) is 0 Å². The van der Waals surface area contributed by atoms with E-state index in [0.29, 0.717) is 38.2 Å². The van der Waals surface area contributed by atoms with Gasteiger partial charge in [-0.15, -0.1) is 0 Å². The normalized spacial score (nSPS) is 12.8. The molecule has 1 atom stereocenters. The third-order valence-electron chi connectivity index (χ3n) is 3.03. The van der Waals surface area contributed by atoms with Crippen molar-refractivity contribution in [2.24, 2.45) is 5.73 Å². The molecule has 1 unspecified atom stereocenters. The van der Waals surface area contributed by atoms with Crippen LogP contribution in [-0.4, -0.2) is 21.6 Å². The van der Waals surface area contributed by atoms with Gasteiger partial charge in [0.15, 0.2) is 5.76 Å². The summed E-state index contributed by atoms with van der Waals surface area (Å²) in [5.74, 6) is 0.498. The second-order valence-electron chi connectivity index (χ2n) is 4.44. The van der Waals surface area contributed by atoms with Crippen molar-refractivity contribution in [1.82, 2.24) is 9.97 Å². The molecule has 2 heterocycles. The fourth-order valence-electron chi connectivity index (χ4n) is 2.00. The molecule has 3 rings (SSSR count). The van der Waals surface area contributed by atoms with Crippen molar-refractivity contribution >= 4 is 34.2 Å². The van der Waals surface area contributed by atoms with E-state index in [1.165, 1.54) is 6.26 Å². The summed E-state index contributed by atoms with van der Waals surface area (Å²) in [7, 11) is 0. The number of hydrogen-bond acceptors (Lipinski definition) is 5. The molecule has 5 nitrogen and oxygen atoms in total. The molecule has 7 heteroatoms. The molecule has 108 valence electrons. The van der Waals surface area contributed by atoms with Crippen molar-refractivity contribution < 1.29 is 9.52 Å². The highest BCUT2D eigenvalue weighted by molar-refractivity contribution is 6.42. The van der Waals surface area contributed by atoms with Gasteiger partial charge in [-0.2, -0.15) is 0 Å². The van der Waals surface area contributed by atoms with E-state index in [1.807, 2.05) is 0 Å². The summed E-state index contributed by atoms with van der Waals surface area (Å²) in [6.45, 7) is 0.0230. The Bertz CT molecular complexity index is 791. The molecule has 0 saturated carbocycles. The van der Waals surface area contributed by atoms with Gasteiger partial charge in [-0.3, -0.25) is 0 Å². The number of aromatic nitrogens is 2. The van der Waals surface area contributed by atoms with Crippen LogP contribution in [0.2, 0.25) is 10.0 Å².